The Morgan fingerprint density at radius 1 is 1.40 bits per heavy atom. The molecule has 1 atom stereocenters. The van der Waals surface area contributed by atoms with Crippen LogP contribution in [0.1, 0.15) is 38.7 Å². The summed E-state index contributed by atoms with van der Waals surface area (Å²) in [6.07, 6.45) is -0.0520. The van der Waals surface area contributed by atoms with Crippen molar-refractivity contribution in [2.24, 2.45) is 0 Å². The lowest BCUT2D eigenvalue weighted by Gasteiger charge is -2.27. The van der Waals surface area contributed by atoms with E-state index in [2.05, 4.69) is 5.32 Å². The van der Waals surface area contributed by atoms with E-state index in [-0.39, 0.29) is 47.8 Å². The molecule has 0 aromatic heterocycles. The number of rotatable bonds is 6. The maximum Gasteiger partial charge on any atom is 0.336 e. The molecule has 1 heterocycles. The number of allylic oxidation sites excluding steroid dienone is 1. The molecule has 0 fully saturated rings. The molecule has 1 amide bonds. The van der Waals surface area contributed by atoms with Crippen LogP contribution < -0.4 is 5.32 Å². The highest BCUT2D eigenvalue weighted by Crippen LogP contribution is 2.38. The van der Waals surface area contributed by atoms with Crippen LogP contribution in [0.5, 0.6) is 0 Å². The van der Waals surface area contributed by atoms with Crippen molar-refractivity contribution >= 4 is 23.5 Å². The van der Waals surface area contributed by atoms with Crippen LogP contribution in [0, 0.1) is 5.82 Å². The molecule has 1 aromatic rings. The second-order valence-electron chi connectivity index (χ2n) is 6.03. The van der Waals surface area contributed by atoms with Gasteiger partial charge >= 0.3 is 5.97 Å². The zero-order chi connectivity index (χ0) is 18.6. The van der Waals surface area contributed by atoms with Gasteiger partial charge in [-0.15, -0.1) is 0 Å². The number of esters is 1. The van der Waals surface area contributed by atoms with Crippen molar-refractivity contribution in [3.05, 3.63) is 45.9 Å². The van der Waals surface area contributed by atoms with E-state index in [0.29, 0.717) is 5.70 Å². The number of benzene rings is 1. The van der Waals surface area contributed by atoms with E-state index in [1.165, 1.54) is 18.2 Å². The summed E-state index contributed by atoms with van der Waals surface area (Å²) in [6, 6.07) is 4.26. The van der Waals surface area contributed by atoms with Crippen LogP contribution in [0.3, 0.4) is 0 Å². The monoisotopic (exact) mass is 369 g/mol. The van der Waals surface area contributed by atoms with Gasteiger partial charge in [0.2, 0.25) is 5.91 Å². The first kappa shape index (κ1) is 19.4. The molecule has 136 valence electrons. The third-order valence-electron chi connectivity index (χ3n) is 3.80. The van der Waals surface area contributed by atoms with Crippen LogP contribution in [0.25, 0.3) is 0 Å². The summed E-state index contributed by atoms with van der Waals surface area (Å²) in [5.41, 5.74) is 0.676. The number of halogens is 2. The molecule has 7 heteroatoms. The molecule has 0 bridgehead atoms. The van der Waals surface area contributed by atoms with Crippen LogP contribution in [0.4, 0.5) is 4.39 Å². The number of carbonyl (C=O) groups is 2. The Labute approximate surface area is 151 Å². The number of amides is 1. The van der Waals surface area contributed by atoms with E-state index < -0.39 is 17.7 Å². The fraction of sp³-hybridized carbons (Fsp3) is 0.444. The first-order valence-electron chi connectivity index (χ1n) is 8.04. The van der Waals surface area contributed by atoms with Crippen molar-refractivity contribution in [1.29, 1.82) is 0 Å². The summed E-state index contributed by atoms with van der Waals surface area (Å²) in [6.45, 7) is 5.66. The van der Waals surface area contributed by atoms with Crippen molar-refractivity contribution in [2.45, 2.75) is 39.2 Å². The second-order valence-corrected chi connectivity index (χ2v) is 6.44. The molecule has 0 saturated heterocycles. The maximum absolute atomic E-state index is 14.3. The van der Waals surface area contributed by atoms with Crippen molar-refractivity contribution < 1.29 is 23.5 Å². The standard InChI is InChI=1S/C18H21ClFNO4/c1-10(2)24-7-8-25-18(23)16-11(3)21-15(22)9-12(16)17-13(19)5-4-6-14(17)20/h4-6,10,12H,7-9H2,1-3H3,(H,21,22)/t12-/m1/s1. The van der Waals surface area contributed by atoms with Crippen LogP contribution in [0.2, 0.25) is 5.02 Å². The lowest BCUT2D eigenvalue weighted by molar-refractivity contribution is -0.141. The molecule has 0 spiro atoms. The molecule has 1 aromatic carbocycles. The average molecular weight is 370 g/mol. The largest absolute Gasteiger partial charge is 0.460 e. The molecule has 0 aliphatic carbocycles. The van der Waals surface area contributed by atoms with Gasteiger partial charge in [0.25, 0.3) is 0 Å². The molecule has 5 nitrogen and oxygen atoms in total. The Morgan fingerprint density at radius 2 is 2.12 bits per heavy atom. The number of carbonyl (C=O) groups excluding carboxylic acids is 2. The van der Waals surface area contributed by atoms with Gasteiger partial charge in [0.05, 0.1) is 18.3 Å². The molecule has 0 radical (unpaired) electrons. The zero-order valence-electron chi connectivity index (χ0n) is 14.4. The van der Waals surface area contributed by atoms with Crippen LogP contribution in [-0.2, 0) is 19.1 Å². The summed E-state index contributed by atoms with van der Waals surface area (Å²) in [5, 5.41) is 2.77. The fourth-order valence-electron chi connectivity index (χ4n) is 2.76. The lowest BCUT2D eigenvalue weighted by atomic mass is 9.84. The van der Waals surface area contributed by atoms with Gasteiger partial charge in [0.1, 0.15) is 12.4 Å². The second kappa shape index (κ2) is 8.45. The highest BCUT2D eigenvalue weighted by molar-refractivity contribution is 6.31. The summed E-state index contributed by atoms with van der Waals surface area (Å²) in [7, 11) is 0. The average Bonchev–Trinajstić information content (AvgIpc) is 2.50. The highest BCUT2D eigenvalue weighted by Gasteiger charge is 2.35. The summed E-state index contributed by atoms with van der Waals surface area (Å²) >= 11 is 6.12. The van der Waals surface area contributed by atoms with Crippen molar-refractivity contribution in [1.82, 2.24) is 5.32 Å². The predicted octanol–water partition coefficient (Wildman–Crippen LogP) is 3.32. The first-order chi connectivity index (χ1) is 11.8. The summed E-state index contributed by atoms with van der Waals surface area (Å²) in [5.74, 6) is -2.27. The van der Waals surface area contributed by atoms with Gasteiger partial charge in [-0.2, -0.15) is 0 Å². The molecular weight excluding hydrogens is 349 g/mol. The van der Waals surface area contributed by atoms with Crippen molar-refractivity contribution in [3.8, 4) is 0 Å². The topological polar surface area (TPSA) is 64.6 Å². The normalized spacial score (nSPS) is 17.7. The Balaban J connectivity index is 2.27. The molecular formula is C18H21ClFNO4. The van der Waals surface area contributed by atoms with Crippen molar-refractivity contribution in [2.75, 3.05) is 13.2 Å². The van der Waals surface area contributed by atoms with Gasteiger partial charge in [-0.25, -0.2) is 9.18 Å². The van der Waals surface area contributed by atoms with Gasteiger partial charge in [-0.3, -0.25) is 4.79 Å². The maximum atomic E-state index is 14.3. The third-order valence-corrected chi connectivity index (χ3v) is 4.13. The first-order valence-corrected chi connectivity index (χ1v) is 8.42. The summed E-state index contributed by atoms with van der Waals surface area (Å²) < 4.78 is 24.9. The number of hydrogen-bond acceptors (Lipinski definition) is 4. The minimum absolute atomic E-state index is 0.0265. The molecule has 1 aliphatic heterocycles. The number of nitrogens with one attached hydrogen (secondary N) is 1. The Bertz CT molecular complexity index is 682. The molecule has 1 N–H and O–H groups in total. The molecule has 25 heavy (non-hydrogen) atoms. The Kier molecular flexibility index (Phi) is 6.56. The van der Waals surface area contributed by atoms with Gasteiger partial charge < -0.3 is 14.8 Å². The SMILES string of the molecule is CC1=C(C(=O)OCCOC(C)C)[C@H](c2c(F)cccc2Cl)CC(=O)N1. The van der Waals surface area contributed by atoms with Gasteiger partial charge in [0.15, 0.2) is 0 Å². The van der Waals surface area contributed by atoms with Gasteiger partial charge in [-0.1, -0.05) is 17.7 Å². The van der Waals surface area contributed by atoms with E-state index in [4.69, 9.17) is 21.1 Å². The zero-order valence-corrected chi connectivity index (χ0v) is 15.2. The van der Waals surface area contributed by atoms with Gasteiger partial charge in [0, 0.05) is 28.6 Å². The van der Waals surface area contributed by atoms with E-state index in [9.17, 15) is 14.0 Å². The fourth-order valence-corrected chi connectivity index (χ4v) is 3.05. The third kappa shape index (κ3) is 4.80. The Hall–Kier alpha value is -1.92. The molecule has 0 unspecified atom stereocenters. The predicted molar refractivity (Wildman–Crippen MR) is 91.7 cm³/mol. The van der Waals surface area contributed by atoms with E-state index in [0.717, 1.165) is 0 Å². The highest BCUT2D eigenvalue weighted by atomic mass is 35.5. The van der Waals surface area contributed by atoms with E-state index >= 15 is 0 Å². The quantitative estimate of drug-likeness (QED) is 0.617. The van der Waals surface area contributed by atoms with Crippen LogP contribution in [-0.4, -0.2) is 31.2 Å². The van der Waals surface area contributed by atoms with Gasteiger partial charge in [-0.05, 0) is 32.9 Å². The minimum atomic E-state index is -0.791. The van der Waals surface area contributed by atoms with Crippen molar-refractivity contribution in [3.63, 3.8) is 0 Å². The Morgan fingerprint density at radius 3 is 2.76 bits per heavy atom. The summed E-state index contributed by atoms with van der Waals surface area (Å²) in [4.78, 5) is 24.4. The van der Waals surface area contributed by atoms with E-state index in [1.54, 1.807) is 6.92 Å². The van der Waals surface area contributed by atoms with E-state index in [1.807, 2.05) is 13.8 Å². The van der Waals surface area contributed by atoms with Crippen LogP contribution in [0.15, 0.2) is 29.5 Å². The smallest absolute Gasteiger partial charge is 0.336 e. The number of ether oxygens (including phenoxy) is 2. The number of hydrogen-bond donors (Lipinski definition) is 1. The van der Waals surface area contributed by atoms with Crippen LogP contribution >= 0.6 is 11.6 Å². The minimum Gasteiger partial charge on any atom is -0.460 e. The lowest BCUT2D eigenvalue weighted by Crippen LogP contribution is -2.34. The molecule has 1 aliphatic rings. The molecule has 2 rings (SSSR count). The molecule has 0 saturated carbocycles.